The highest BCUT2D eigenvalue weighted by atomic mass is 16.5. The molecular weight excluding hydrogens is 132 g/mol. The van der Waals surface area contributed by atoms with Crippen molar-refractivity contribution in [3.63, 3.8) is 0 Å². The van der Waals surface area contributed by atoms with Crippen LogP contribution in [0.3, 0.4) is 0 Å². The molecule has 3 heteroatoms. The van der Waals surface area contributed by atoms with Gasteiger partial charge < -0.3 is 9.84 Å². The molecule has 0 aromatic heterocycles. The van der Waals surface area contributed by atoms with Crippen molar-refractivity contribution >= 4 is 5.97 Å². The van der Waals surface area contributed by atoms with Gasteiger partial charge in [-0.15, -0.1) is 6.58 Å². The van der Waals surface area contributed by atoms with Crippen LogP contribution in [0.5, 0.6) is 0 Å². The van der Waals surface area contributed by atoms with Crippen LogP contribution in [0.2, 0.25) is 0 Å². The Morgan fingerprint density at radius 1 is 1.90 bits per heavy atom. The average molecular weight is 144 g/mol. The third-order valence-electron chi connectivity index (χ3n) is 1.04. The fraction of sp³-hybridized carbons (Fsp3) is 0.571. The third-order valence-corrected chi connectivity index (χ3v) is 1.04. The van der Waals surface area contributed by atoms with Crippen molar-refractivity contribution in [2.75, 3.05) is 6.61 Å². The number of carboxylic acids is 1. The predicted octanol–water partition coefficient (Wildman–Crippen LogP) is 1.05. The maximum absolute atomic E-state index is 10.1. The van der Waals surface area contributed by atoms with Crippen molar-refractivity contribution in [2.24, 2.45) is 0 Å². The van der Waals surface area contributed by atoms with Crippen LogP contribution >= 0.6 is 0 Å². The zero-order chi connectivity index (χ0) is 7.98. The molecule has 0 unspecified atom stereocenters. The molecule has 0 spiro atoms. The van der Waals surface area contributed by atoms with Gasteiger partial charge in [0.1, 0.15) is 0 Å². The fourth-order valence-corrected chi connectivity index (χ4v) is 0.399. The molecule has 0 saturated carbocycles. The summed E-state index contributed by atoms with van der Waals surface area (Å²) in [6.07, 6.45) is 1.67. The lowest BCUT2D eigenvalue weighted by molar-refractivity contribution is -0.149. The number of aliphatic carboxylic acids is 1. The lowest BCUT2D eigenvalue weighted by Gasteiger charge is -2.05. The van der Waals surface area contributed by atoms with Crippen molar-refractivity contribution < 1.29 is 14.6 Å². The highest BCUT2D eigenvalue weighted by molar-refractivity contribution is 5.71. The Morgan fingerprint density at radius 3 is 2.90 bits per heavy atom. The second kappa shape index (κ2) is 4.99. The van der Waals surface area contributed by atoms with E-state index in [1.807, 2.05) is 0 Å². The largest absolute Gasteiger partial charge is 0.479 e. The summed E-state index contributed by atoms with van der Waals surface area (Å²) in [6.45, 7) is 5.41. The first kappa shape index (κ1) is 9.17. The van der Waals surface area contributed by atoms with Crippen LogP contribution in [-0.2, 0) is 9.53 Å². The summed E-state index contributed by atoms with van der Waals surface area (Å²) in [5.74, 6) is -0.927. The molecule has 0 rings (SSSR count). The Hall–Kier alpha value is -0.830. The Morgan fingerprint density at radius 2 is 2.50 bits per heavy atom. The maximum Gasteiger partial charge on any atom is 0.332 e. The molecular formula is C7H12O3. The fourth-order valence-electron chi connectivity index (χ4n) is 0.399. The van der Waals surface area contributed by atoms with Gasteiger partial charge in [0, 0.05) is 0 Å². The Kier molecular flexibility index (Phi) is 4.58. The van der Waals surface area contributed by atoms with Gasteiger partial charge in [0.15, 0.2) is 6.10 Å². The number of rotatable bonds is 5. The van der Waals surface area contributed by atoms with Gasteiger partial charge in [-0.3, -0.25) is 0 Å². The maximum atomic E-state index is 10.1. The summed E-state index contributed by atoms with van der Waals surface area (Å²) in [5, 5.41) is 8.33. The summed E-state index contributed by atoms with van der Waals surface area (Å²) >= 11 is 0. The van der Waals surface area contributed by atoms with Gasteiger partial charge in [0.25, 0.3) is 0 Å². The first-order valence-electron chi connectivity index (χ1n) is 3.13. The molecule has 0 aliphatic carbocycles. The molecule has 0 fully saturated rings. The SMILES string of the molecule is C=CCCO[C@H](C)C(=O)O. The molecule has 0 aliphatic rings. The molecule has 10 heavy (non-hydrogen) atoms. The lowest BCUT2D eigenvalue weighted by Crippen LogP contribution is -2.20. The van der Waals surface area contributed by atoms with Crippen molar-refractivity contribution in [2.45, 2.75) is 19.4 Å². The monoisotopic (exact) mass is 144 g/mol. The van der Waals surface area contributed by atoms with E-state index in [0.717, 1.165) is 0 Å². The quantitative estimate of drug-likeness (QED) is 0.463. The molecule has 0 heterocycles. The van der Waals surface area contributed by atoms with Crippen LogP contribution in [0.4, 0.5) is 0 Å². The van der Waals surface area contributed by atoms with Crippen LogP contribution < -0.4 is 0 Å². The van der Waals surface area contributed by atoms with E-state index < -0.39 is 12.1 Å². The number of hydrogen-bond donors (Lipinski definition) is 1. The molecule has 1 N–H and O–H groups in total. The molecule has 0 amide bonds. The zero-order valence-corrected chi connectivity index (χ0v) is 6.04. The molecule has 0 aliphatic heterocycles. The highest BCUT2D eigenvalue weighted by Crippen LogP contribution is 1.92. The standard InChI is InChI=1S/C7H12O3/c1-3-4-5-10-6(2)7(8)9/h3,6H,1,4-5H2,2H3,(H,8,9)/t6-/m1/s1. The van der Waals surface area contributed by atoms with Gasteiger partial charge in [-0.25, -0.2) is 4.79 Å². The van der Waals surface area contributed by atoms with E-state index in [2.05, 4.69) is 6.58 Å². The summed E-state index contributed by atoms with van der Waals surface area (Å²) in [6, 6.07) is 0. The second-order valence-corrected chi connectivity index (χ2v) is 1.93. The number of carboxylic acid groups (broad SMARTS) is 1. The average Bonchev–Trinajstić information content (AvgIpc) is 1.88. The summed E-state index contributed by atoms with van der Waals surface area (Å²) in [7, 11) is 0. The lowest BCUT2D eigenvalue weighted by atomic mass is 10.4. The van der Waals surface area contributed by atoms with Crippen LogP contribution in [0.15, 0.2) is 12.7 Å². The smallest absolute Gasteiger partial charge is 0.332 e. The van der Waals surface area contributed by atoms with E-state index in [-0.39, 0.29) is 0 Å². The van der Waals surface area contributed by atoms with E-state index >= 15 is 0 Å². The van der Waals surface area contributed by atoms with Crippen LogP contribution in [0.1, 0.15) is 13.3 Å². The van der Waals surface area contributed by atoms with E-state index in [9.17, 15) is 4.79 Å². The predicted molar refractivity (Wildman–Crippen MR) is 37.9 cm³/mol. The van der Waals surface area contributed by atoms with Gasteiger partial charge in [-0.1, -0.05) is 6.08 Å². The second-order valence-electron chi connectivity index (χ2n) is 1.93. The van der Waals surface area contributed by atoms with Gasteiger partial charge in [-0.2, -0.15) is 0 Å². The number of ether oxygens (including phenoxy) is 1. The van der Waals surface area contributed by atoms with Gasteiger partial charge >= 0.3 is 5.97 Å². The van der Waals surface area contributed by atoms with E-state index in [1.54, 1.807) is 6.08 Å². The summed E-state index contributed by atoms with van der Waals surface area (Å²) in [4.78, 5) is 10.1. The summed E-state index contributed by atoms with van der Waals surface area (Å²) < 4.78 is 4.87. The van der Waals surface area contributed by atoms with Crippen molar-refractivity contribution in [3.8, 4) is 0 Å². The minimum absolute atomic E-state index is 0.428. The zero-order valence-electron chi connectivity index (χ0n) is 6.04. The number of hydrogen-bond acceptors (Lipinski definition) is 2. The van der Waals surface area contributed by atoms with Crippen molar-refractivity contribution in [1.82, 2.24) is 0 Å². The van der Waals surface area contributed by atoms with Gasteiger partial charge in [0.05, 0.1) is 6.61 Å². The van der Waals surface area contributed by atoms with Gasteiger partial charge in [0.2, 0.25) is 0 Å². The van der Waals surface area contributed by atoms with Crippen LogP contribution in [-0.4, -0.2) is 23.8 Å². The third kappa shape index (κ3) is 4.09. The molecule has 1 atom stereocenters. The number of carbonyl (C=O) groups is 1. The molecule has 3 nitrogen and oxygen atoms in total. The van der Waals surface area contributed by atoms with Gasteiger partial charge in [-0.05, 0) is 13.3 Å². The minimum atomic E-state index is -0.927. The molecule has 58 valence electrons. The molecule has 0 aromatic rings. The van der Waals surface area contributed by atoms with Crippen LogP contribution in [0.25, 0.3) is 0 Å². The first-order valence-corrected chi connectivity index (χ1v) is 3.13. The molecule has 0 radical (unpaired) electrons. The highest BCUT2D eigenvalue weighted by Gasteiger charge is 2.08. The Labute approximate surface area is 60.3 Å². The topological polar surface area (TPSA) is 46.5 Å². The van der Waals surface area contributed by atoms with Crippen LogP contribution in [0, 0.1) is 0 Å². The molecule has 0 saturated heterocycles. The van der Waals surface area contributed by atoms with E-state index in [4.69, 9.17) is 9.84 Å². The van der Waals surface area contributed by atoms with Crippen molar-refractivity contribution in [1.29, 1.82) is 0 Å². The minimum Gasteiger partial charge on any atom is -0.479 e. The first-order chi connectivity index (χ1) is 4.68. The van der Waals surface area contributed by atoms with E-state index in [0.29, 0.717) is 13.0 Å². The Bertz CT molecular complexity index is 120. The molecule has 0 aromatic carbocycles. The van der Waals surface area contributed by atoms with Crippen molar-refractivity contribution in [3.05, 3.63) is 12.7 Å². The normalized spacial score (nSPS) is 12.5. The summed E-state index contributed by atoms with van der Waals surface area (Å²) in [5.41, 5.74) is 0. The van der Waals surface area contributed by atoms with E-state index in [1.165, 1.54) is 6.92 Å². The molecule has 0 bridgehead atoms. The Balaban J connectivity index is 3.30.